The molecule has 1 aromatic carbocycles. The van der Waals surface area contributed by atoms with Crippen LogP contribution in [0.2, 0.25) is 0 Å². The van der Waals surface area contributed by atoms with E-state index in [0.29, 0.717) is 29.8 Å². The van der Waals surface area contributed by atoms with Crippen LogP contribution in [0.4, 0.5) is 0 Å². The number of nitrogens with one attached hydrogen (secondary N) is 2. The highest BCUT2D eigenvalue weighted by molar-refractivity contribution is 6.21. The first-order valence-electron chi connectivity index (χ1n) is 7.43. The molecule has 2 aromatic rings. The number of carbonyl (C=O) groups is 3. The normalized spacial score (nSPS) is 13.2. The summed E-state index contributed by atoms with van der Waals surface area (Å²) in [5.74, 6) is -0.315. The van der Waals surface area contributed by atoms with Crippen molar-refractivity contribution in [1.82, 2.24) is 10.3 Å². The van der Waals surface area contributed by atoms with Gasteiger partial charge in [0.25, 0.3) is 0 Å². The maximum Gasteiger partial charge on any atom is 0.202 e. The average Bonchev–Trinajstić information content (AvgIpc) is 3.01. The van der Waals surface area contributed by atoms with Gasteiger partial charge in [-0.1, -0.05) is 30.3 Å². The number of hydrogen-bond donors (Lipinski definition) is 2. The van der Waals surface area contributed by atoms with Crippen LogP contribution in [0.25, 0.3) is 0 Å². The Labute approximate surface area is 133 Å². The summed E-state index contributed by atoms with van der Waals surface area (Å²) in [5, 5.41) is 3.08. The maximum atomic E-state index is 12.0. The smallest absolute Gasteiger partial charge is 0.202 e. The van der Waals surface area contributed by atoms with Crippen LogP contribution < -0.4 is 5.32 Å². The van der Waals surface area contributed by atoms with Gasteiger partial charge in [0.2, 0.25) is 5.78 Å². The molecule has 116 valence electrons. The number of benzene rings is 1. The number of aromatic amines is 1. The van der Waals surface area contributed by atoms with Gasteiger partial charge in [-0.15, -0.1) is 0 Å². The molecule has 0 aliphatic heterocycles. The number of ketones is 3. The van der Waals surface area contributed by atoms with Crippen molar-refractivity contribution in [2.75, 3.05) is 13.1 Å². The Bertz CT molecular complexity index is 788. The molecule has 5 nitrogen and oxygen atoms in total. The molecular weight excluding hydrogens is 292 g/mol. The molecule has 1 aliphatic carbocycles. The zero-order valence-corrected chi connectivity index (χ0v) is 12.5. The second kappa shape index (κ2) is 6.54. The lowest BCUT2D eigenvalue weighted by Gasteiger charge is -2.07. The average molecular weight is 308 g/mol. The molecule has 23 heavy (non-hydrogen) atoms. The Hall–Kier alpha value is -2.79. The van der Waals surface area contributed by atoms with Crippen molar-refractivity contribution < 1.29 is 14.4 Å². The highest BCUT2D eigenvalue weighted by Gasteiger charge is 2.23. The van der Waals surface area contributed by atoms with Gasteiger partial charge >= 0.3 is 0 Å². The summed E-state index contributed by atoms with van der Waals surface area (Å²) < 4.78 is 0. The number of carbonyl (C=O) groups excluding carboxylic acids is 3. The zero-order chi connectivity index (χ0) is 16.2. The molecule has 1 heterocycles. The molecule has 5 heteroatoms. The van der Waals surface area contributed by atoms with Gasteiger partial charge < -0.3 is 10.3 Å². The number of Topliss-reactive ketones (excluding diaryl/α,β-unsaturated/α-hetero) is 1. The number of fused-ring (bicyclic) bond motifs is 1. The first kappa shape index (κ1) is 15.1. The predicted octanol–water partition coefficient (Wildman–Crippen LogP) is 1.96. The standard InChI is InChI=1S/C18H16N2O3/c21-14-6-7-15(22)18-17(14)13(10-20-18)8-9-19-11-16(23)12-4-2-1-3-5-12/h1-7,10,19-20H,8-9,11H2. The van der Waals surface area contributed by atoms with Crippen LogP contribution in [0, 0.1) is 0 Å². The van der Waals surface area contributed by atoms with E-state index < -0.39 is 0 Å². The minimum atomic E-state index is -0.182. The van der Waals surface area contributed by atoms with Crippen LogP contribution in [-0.4, -0.2) is 35.4 Å². The van der Waals surface area contributed by atoms with E-state index >= 15 is 0 Å². The van der Waals surface area contributed by atoms with E-state index in [1.54, 1.807) is 18.3 Å². The van der Waals surface area contributed by atoms with E-state index in [2.05, 4.69) is 10.3 Å². The van der Waals surface area contributed by atoms with Crippen molar-refractivity contribution >= 4 is 17.3 Å². The highest BCUT2D eigenvalue weighted by atomic mass is 16.1. The first-order valence-corrected chi connectivity index (χ1v) is 7.43. The van der Waals surface area contributed by atoms with Crippen LogP contribution >= 0.6 is 0 Å². The van der Waals surface area contributed by atoms with Gasteiger partial charge in [-0.05, 0) is 30.7 Å². The molecule has 0 radical (unpaired) electrons. The van der Waals surface area contributed by atoms with E-state index in [9.17, 15) is 14.4 Å². The molecule has 0 bridgehead atoms. The molecule has 0 saturated heterocycles. The fourth-order valence-corrected chi connectivity index (χ4v) is 2.61. The van der Waals surface area contributed by atoms with Crippen molar-refractivity contribution in [3.05, 3.63) is 71.1 Å². The van der Waals surface area contributed by atoms with E-state index in [1.165, 1.54) is 12.2 Å². The number of allylic oxidation sites excluding steroid dienone is 2. The Morgan fingerprint density at radius 1 is 1.04 bits per heavy atom. The van der Waals surface area contributed by atoms with Gasteiger partial charge in [0.05, 0.1) is 17.8 Å². The molecule has 0 unspecified atom stereocenters. The van der Waals surface area contributed by atoms with Gasteiger partial charge in [0.15, 0.2) is 11.6 Å². The zero-order valence-electron chi connectivity index (χ0n) is 12.5. The fraction of sp³-hybridized carbons (Fsp3) is 0.167. The molecule has 0 saturated carbocycles. The topological polar surface area (TPSA) is 79.0 Å². The van der Waals surface area contributed by atoms with E-state index in [4.69, 9.17) is 0 Å². The third kappa shape index (κ3) is 3.19. The fourth-order valence-electron chi connectivity index (χ4n) is 2.61. The molecule has 0 spiro atoms. The van der Waals surface area contributed by atoms with Crippen molar-refractivity contribution in [2.24, 2.45) is 0 Å². The van der Waals surface area contributed by atoms with E-state index in [0.717, 1.165) is 5.56 Å². The Kier molecular flexibility index (Phi) is 4.30. The minimum Gasteiger partial charge on any atom is -0.358 e. The Balaban J connectivity index is 1.56. The van der Waals surface area contributed by atoms with Crippen molar-refractivity contribution in [1.29, 1.82) is 0 Å². The predicted molar refractivity (Wildman–Crippen MR) is 85.9 cm³/mol. The van der Waals surface area contributed by atoms with Crippen LogP contribution in [0.3, 0.4) is 0 Å². The van der Waals surface area contributed by atoms with Gasteiger partial charge in [0.1, 0.15) is 0 Å². The number of aromatic nitrogens is 1. The molecule has 2 N–H and O–H groups in total. The molecule has 1 aliphatic rings. The van der Waals surface area contributed by atoms with Crippen LogP contribution in [0.5, 0.6) is 0 Å². The van der Waals surface area contributed by atoms with Crippen LogP contribution in [0.1, 0.15) is 36.8 Å². The number of rotatable bonds is 6. The van der Waals surface area contributed by atoms with Gasteiger partial charge in [-0.2, -0.15) is 0 Å². The van der Waals surface area contributed by atoms with E-state index in [-0.39, 0.29) is 23.9 Å². The first-order chi connectivity index (χ1) is 11.2. The summed E-state index contributed by atoms with van der Waals surface area (Å²) in [5.41, 5.74) is 2.27. The minimum absolute atomic E-state index is 0.0240. The van der Waals surface area contributed by atoms with Crippen molar-refractivity contribution in [2.45, 2.75) is 6.42 Å². The van der Waals surface area contributed by atoms with Crippen LogP contribution in [-0.2, 0) is 6.42 Å². The van der Waals surface area contributed by atoms with Gasteiger partial charge in [-0.25, -0.2) is 0 Å². The third-order valence-corrected chi connectivity index (χ3v) is 3.79. The summed E-state index contributed by atoms with van der Waals surface area (Å²) in [6.07, 6.45) is 4.84. The van der Waals surface area contributed by atoms with E-state index in [1.807, 2.05) is 18.2 Å². The summed E-state index contributed by atoms with van der Waals surface area (Å²) >= 11 is 0. The van der Waals surface area contributed by atoms with Gasteiger partial charge in [-0.3, -0.25) is 14.4 Å². The lowest BCUT2D eigenvalue weighted by Crippen LogP contribution is -2.25. The number of hydrogen-bond acceptors (Lipinski definition) is 4. The number of H-pyrrole nitrogens is 1. The Morgan fingerprint density at radius 3 is 2.57 bits per heavy atom. The second-order valence-corrected chi connectivity index (χ2v) is 5.34. The van der Waals surface area contributed by atoms with Crippen LogP contribution in [0.15, 0.2) is 48.7 Å². The van der Waals surface area contributed by atoms with Gasteiger partial charge in [0, 0.05) is 11.8 Å². The third-order valence-electron chi connectivity index (χ3n) is 3.79. The maximum absolute atomic E-state index is 12.0. The quantitative estimate of drug-likeness (QED) is 0.631. The summed E-state index contributed by atoms with van der Waals surface area (Å²) in [7, 11) is 0. The lowest BCUT2D eigenvalue weighted by atomic mass is 9.97. The van der Waals surface area contributed by atoms with Crippen molar-refractivity contribution in [3.63, 3.8) is 0 Å². The molecule has 1 aromatic heterocycles. The molecule has 0 amide bonds. The summed E-state index contributed by atoms with van der Waals surface area (Å²) in [6, 6.07) is 9.09. The molecular formula is C18H16N2O3. The molecule has 3 rings (SSSR count). The highest BCUT2D eigenvalue weighted by Crippen LogP contribution is 2.20. The molecule has 0 atom stereocenters. The van der Waals surface area contributed by atoms with Crippen molar-refractivity contribution in [3.8, 4) is 0 Å². The second-order valence-electron chi connectivity index (χ2n) is 5.34. The Morgan fingerprint density at radius 2 is 1.78 bits per heavy atom. The summed E-state index contributed by atoms with van der Waals surface area (Å²) in [4.78, 5) is 38.4. The molecule has 0 fully saturated rings. The largest absolute Gasteiger partial charge is 0.358 e. The summed E-state index contributed by atoms with van der Waals surface area (Å²) in [6.45, 7) is 0.789. The monoisotopic (exact) mass is 308 g/mol. The SMILES string of the molecule is O=C(CNCCc1c[nH]c2c1C(=O)C=CC2=O)c1ccccc1. The lowest BCUT2D eigenvalue weighted by molar-refractivity contribution is 0.0989.